The van der Waals surface area contributed by atoms with E-state index in [9.17, 15) is 9.59 Å². The zero-order valence-electron chi connectivity index (χ0n) is 11.5. The number of aliphatic hydroxyl groups is 1. The molecule has 1 saturated heterocycles. The van der Waals surface area contributed by atoms with Crippen LogP contribution in [0.25, 0.3) is 0 Å². The number of nitrogens with zero attached hydrogens (tertiary/aromatic N) is 1. The Kier molecular flexibility index (Phi) is 3.57. The van der Waals surface area contributed by atoms with Crippen molar-refractivity contribution in [2.45, 2.75) is 32.9 Å². The molecule has 1 heterocycles. The van der Waals surface area contributed by atoms with Crippen molar-refractivity contribution in [2.75, 3.05) is 19.8 Å². The third-order valence-corrected chi connectivity index (χ3v) is 4.35. The summed E-state index contributed by atoms with van der Waals surface area (Å²) in [6, 6.07) is -0.0823. The van der Waals surface area contributed by atoms with Crippen LogP contribution in [0.1, 0.15) is 20.8 Å². The van der Waals surface area contributed by atoms with E-state index in [0.29, 0.717) is 13.2 Å². The smallest absolute Gasteiger partial charge is 0.307 e. The molecule has 4 unspecified atom stereocenters. The fourth-order valence-corrected chi connectivity index (χ4v) is 2.97. The van der Waals surface area contributed by atoms with Crippen molar-refractivity contribution in [1.82, 2.24) is 4.90 Å². The molecule has 6 heteroatoms. The Morgan fingerprint density at radius 2 is 2.00 bits per heavy atom. The van der Waals surface area contributed by atoms with Crippen molar-refractivity contribution in [1.29, 1.82) is 0 Å². The number of amides is 1. The largest absolute Gasteiger partial charge is 0.481 e. The van der Waals surface area contributed by atoms with Crippen LogP contribution >= 0.6 is 0 Å². The summed E-state index contributed by atoms with van der Waals surface area (Å²) in [5.41, 5.74) is -0.490. The Labute approximate surface area is 112 Å². The van der Waals surface area contributed by atoms with Crippen LogP contribution < -0.4 is 0 Å². The normalized spacial score (nSPS) is 36.9. The SMILES string of the molecule is CC1COC(CO)CN1C(=O)C1C(C(=O)O)C1(C)C. The van der Waals surface area contributed by atoms with Crippen molar-refractivity contribution in [3.8, 4) is 0 Å². The van der Waals surface area contributed by atoms with E-state index >= 15 is 0 Å². The molecular weight excluding hydrogens is 250 g/mol. The van der Waals surface area contributed by atoms with E-state index in [1.807, 2.05) is 20.8 Å². The first kappa shape index (κ1) is 14.3. The van der Waals surface area contributed by atoms with Gasteiger partial charge in [-0.15, -0.1) is 0 Å². The number of ether oxygens (including phenoxy) is 1. The molecule has 0 spiro atoms. The highest BCUT2D eigenvalue weighted by atomic mass is 16.5. The molecule has 19 heavy (non-hydrogen) atoms. The van der Waals surface area contributed by atoms with Gasteiger partial charge in [-0.3, -0.25) is 9.59 Å². The summed E-state index contributed by atoms with van der Waals surface area (Å²) in [7, 11) is 0. The lowest BCUT2D eigenvalue weighted by Gasteiger charge is -2.37. The van der Waals surface area contributed by atoms with E-state index in [2.05, 4.69) is 0 Å². The van der Waals surface area contributed by atoms with Gasteiger partial charge in [0.25, 0.3) is 0 Å². The molecule has 1 saturated carbocycles. The van der Waals surface area contributed by atoms with Crippen molar-refractivity contribution in [3.05, 3.63) is 0 Å². The second-order valence-corrected chi connectivity index (χ2v) is 6.09. The Bertz CT molecular complexity index is 394. The topological polar surface area (TPSA) is 87.1 Å². The molecule has 1 amide bonds. The predicted molar refractivity (Wildman–Crippen MR) is 66.4 cm³/mol. The number of carboxylic acids is 1. The molecule has 0 bridgehead atoms. The van der Waals surface area contributed by atoms with Gasteiger partial charge in [0, 0.05) is 6.54 Å². The second-order valence-electron chi connectivity index (χ2n) is 6.09. The number of aliphatic hydroxyl groups excluding tert-OH is 1. The van der Waals surface area contributed by atoms with Crippen molar-refractivity contribution in [2.24, 2.45) is 17.3 Å². The summed E-state index contributed by atoms with van der Waals surface area (Å²) in [5.74, 6) is -2.12. The monoisotopic (exact) mass is 271 g/mol. The van der Waals surface area contributed by atoms with Crippen LogP contribution in [0.15, 0.2) is 0 Å². The van der Waals surface area contributed by atoms with Crippen molar-refractivity contribution in [3.63, 3.8) is 0 Å². The summed E-state index contributed by atoms with van der Waals surface area (Å²) in [5, 5.41) is 18.3. The molecular formula is C13H21NO5. The molecule has 1 aliphatic carbocycles. The van der Waals surface area contributed by atoms with E-state index in [0.717, 1.165) is 0 Å². The highest BCUT2D eigenvalue weighted by Crippen LogP contribution is 2.59. The fraction of sp³-hybridized carbons (Fsp3) is 0.846. The molecule has 0 radical (unpaired) electrons. The van der Waals surface area contributed by atoms with Gasteiger partial charge in [-0.1, -0.05) is 13.8 Å². The minimum Gasteiger partial charge on any atom is -0.481 e. The Morgan fingerprint density at radius 1 is 1.37 bits per heavy atom. The van der Waals surface area contributed by atoms with Crippen LogP contribution in [0.3, 0.4) is 0 Å². The van der Waals surface area contributed by atoms with Crippen LogP contribution in [0, 0.1) is 17.3 Å². The average molecular weight is 271 g/mol. The number of morpholine rings is 1. The Balaban J connectivity index is 2.09. The lowest BCUT2D eigenvalue weighted by molar-refractivity contribution is -0.150. The van der Waals surface area contributed by atoms with Crippen LogP contribution in [0.4, 0.5) is 0 Å². The maximum Gasteiger partial charge on any atom is 0.307 e. The van der Waals surface area contributed by atoms with Crippen molar-refractivity contribution >= 4 is 11.9 Å². The molecule has 4 atom stereocenters. The minimum absolute atomic E-state index is 0.0823. The van der Waals surface area contributed by atoms with Gasteiger partial charge in [-0.25, -0.2) is 0 Å². The molecule has 0 aromatic heterocycles. The summed E-state index contributed by atoms with van der Waals surface area (Å²) in [6.45, 7) is 6.06. The van der Waals surface area contributed by atoms with Gasteiger partial charge in [0.15, 0.2) is 0 Å². The predicted octanol–water partition coefficient (Wildman–Crippen LogP) is -0.0486. The van der Waals surface area contributed by atoms with E-state index in [1.165, 1.54) is 0 Å². The number of carbonyl (C=O) groups is 2. The lowest BCUT2D eigenvalue weighted by atomic mass is 10.1. The van der Waals surface area contributed by atoms with Gasteiger partial charge in [0.2, 0.25) is 5.91 Å². The summed E-state index contributed by atoms with van der Waals surface area (Å²) in [6.07, 6.45) is -0.370. The quantitative estimate of drug-likeness (QED) is 0.751. The van der Waals surface area contributed by atoms with Gasteiger partial charge < -0.3 is 19.8 Å². The third kappa shape index (κ3) is 2.34. The first-order chi connectivity index (χ1) is 8.80. The van der Waals surface area contributed by atoms with Gasteiger partial charge in [0.1, 0.15) is 0 Å². The Hall–Kier alpha value is -1.14. The van der Waals surface area contributed by atoms with Gasteiger partial charge >= 0.3 is 5.97 Å². The first-order valence-electron chi connectivity index (χ1n) is 6.56. The molecule has 2 fully saturated rings. The molecule has 108 valence electrons. The zero-order valence-corrected chi connectivity index (χ0v) is 11.5. The van der Waals surface area contributed by atoms with Crippen LogP contribution in [0.2, 0.25) is 0 Å². The average Bonchev–Trinajstić information content (AvgIpc) is 2.92. The number of aliphatic carboxylic acids is 1. The Morgan fingerprint density at radius 3 is 2.47 bits per heavy atom. The van der Waals surface area contributed by atoms with Crippen LogP contribution in [-0.4, -0.2) is 58.9 Å². The van der Waals surface area contributed by atoms with E-state index in [-0.39, 0.29) is 24.7 Å². The number of hydrogen-bond acceptors (Lipinski definition) is 4. The van der Waals surface area contributed by atoms with E-state index in [1.54, 1.807) is 4.90 Å². The van der Waals surface area contributed by atoms with Crippen LogP contribution in [-0.2, 0) is 14.3 Å². The zero-order chi connectivity index (χ0) is 14.4. The summed E-state index contributed by atoms with van der Waals surface area (Å²) in [4.78, 5) is 25.3. The van der Waals surface area contributed by atoms with Crippen molar-refractivity contribution < 1.29 is 24.5 Å². The highest BCUT2D eigenvalue weighted by Gasteiger charge is 2.67. The van der Waals surface area contributed by atoms with E-state index < -0.39 is 23.2 Å². The second kappa shape index (κ2) is 4.76. The number of rotatable bonds is 3. The molecule has 2 rings (SSSR count). The number of hydrogen-bond donors (Lipinski definition) is 2. The summed E-state index contributed by atoms with van der Waals surface area (Å²) >= 11 is 0. The molecule has 0 aromatic rings. The molecule has 2 N–H and O–H groups in total. The molecule has 1 aliphatic heterocycles. The standard InChI is InChI=1S/C13H21NO5/c1-7-6-19-8(5-15)4-14(7)11(16)9-10(12(17)18)13(9,2)3/h7-10,15H,4-6H2,1-3H3,(H,17,18). The number of carbonyl (C=O) groups excluding carboxylic acids is 1. The van der Waals surface area contributed by atoms with Gasteiger partial charge in [-0.05, 0) is 12.3 Å². The van der Waals surface area contributed by atoms with Crippen LogP contribution in [0.5, 0.6) is 0 Å². The third-order valence-electron chi connectivity index (χ3n) is 4.35. The number of carboxylic acid groups (broad SMARTS) is 1. The summed E-state index contributed by atoms with van der Waals surface area (Å²) < 4.78 is 5.39. The lowest BCUT2D eigenvalue weighted by Crippen LogP contribution is -2.53. The van der Waals surface area contributed by atoms with Gasteiger partial charge in [-0.2, -0.15) is 0 Å². The van der Waals surface area contributed by atoms with Gasteiger partial charge in [0.05, 0.1) is 37.2 Å². The highest BCUT2D eigenvalue weighted by molar-refractivity contribution is 5.91. The molecule has 2 aliphatic rings. The molecule has 0 aromatic carbocycles. The first-order valence-corrected chi connectivity index (χ1v) is 6.56. The maximum atomic E-state index is 12.5. The minimum atomic E-state index is -0.914. The molecule has 6 nitrogen and oxygen atoms in total. The maximum absolute atomic E-state index is 12.5. The fourth-order valence-electron chi connectivity index (χ4n) is 2.97. The van der Waals surface area contributed by atoms with E-state index in [4.69, 9.17) is 14.9 Å².